The largest absolute Gasteiger partial charge is 0.480 e. The molecule has 4 nitrogen and oxygen atoms in total. The van der Waals surface area contributed by atoms with Gasteiger partial charge in [-0.1, -0.05) is 0 Å². The van der Waals surface area contributed by atoms with Gasteiger partial charge in [-0.25, -0.2) is 0 Å². The summed E-state index contributed by atoms with van der Waals surface area (Å²) < 4.78 is 5.26. The Morgan fingerprint density at radius 2 is 2.19 bits per heavy atom. The standard InChI is InChI=1S/C12H19NO3/c1-9(2)13(8-12(14)15)10(3)7-11-5-4-6-16-11/h4-6,9-10H,7-8H2,1-3H3,(H,14,15). The molecule has 0 saturated carbocycles. The number of nitrogens with zero attached hydrogens (tertiary/aromatic N) is 1. The maximum Gasteiger partial charge on any atom is 0.317 e. The van der Waals surface area contributed by atoms with Gasteiger partial charge in [0, 0.05) is 18.5 Å². The van der Waals surface area contributed by atoms with Crippen LogP contribution in [0, 0.1) is 0 Å². The van der Waals surface area contributed by atoms with Crippen LogP contribution in [0.5, 0.6) is 0 Å². The molecule has 0 fully saturated rings. The lowest BCUT2D eigenvalue weighted by Crippen LogP contribution is -2.43. The monoisotopic (exact) mass is 225 g/mol. The Balaban J connectivity index is 2.60. The summed E-state index contributed by atoms with van der Waals surface area (Å²) in [6, 6.07) is 4.12. The highest BCUT2D eigenvalue weighted by molar-refractivity contribution is 5.69. The second-order valence-corrected chi connectivity index (χ2v) is 4.29. The summed E-state index contributed by atoms with van der Waals surface area (Å²) in [6.07, 6.45) is 2.37. The summed E-state index contributed by atoms with van der Waals surface area (Å²) in [6.45, 7) is 6.09. The predicted molar refractivity (Wildman–Crippen MR) is 61.4 cm³/mol. The molecule has 1 atom stereocenters. The highest BCUT2D eigenvalue weighted by Gasteiger charge is 2.20. The lowest BCUT2D eigenvalue weighted by Gasteiger charge is -2.30. The van der Waals surface area contributed by atoms with Crippen LogP contribution in [0.25, 0.3) is 0 Å². The van der Waals surface area contributed by atoms with Gasteiger partial charge in [-0.3, -0.25) is 9.69 Å². The Kier molecular flexibility index (Phi) is 4.55. The van der Waals surface area contributed by atoms with Crippen molar-refractivity contribution >= 4 is 5.97 Å². The Hall–Kier alpha value is -1.29. The summed E-state index contributed by atoms with van der Waals surface area (Å²) in [7, 11) is 0. The maximum absolute atomic E-state index is 10.8. The summed E-state index contributed by atoms with van der Waals surface area (Å²) in [5.74, 6) is 0.100. The van der Waals surface area contributed by atoms with Gasteiger partial charge in [-0.05, 0) is 32.9 Å². The molecule has 0 bridgehead atoms. The van der Waals surface area contributed by atoms with Crippen LogP contribution in [0.2, 0.25) is 0 Å². The fourth-order valence-corrected chi connectivity index (χ4v) is 1.84. The van der Waals surface area contributed by atoms with Crippen molar-refractivity contribution in [1.29, 1.82) is 0 Å². The average Bonchev–Trinajstić information content (AvgIpc) is 2.65. The van der Waals surface area contributed by atoms with Crippen LogP contribution in [0.15, 0.2) is 22.8 Å². The van der Waals surface area contributed by atoms with Gasteiger partial charge in [0.15, 0.2) is 0 Å². The number of aliphatic carboxylic acids is 1. The van der Waals surface area contributed by atoms with E-state index >= 15 is 0 Å². The predicted octanol–water partition coefficient (Wildman–Crippen LogP) is 2.01. The van der Waals surface area contributed by atoms with Crippen molar-refractivity contribution < 1.29 is 14.3 Å². The van der Waals surface area contributed by atoms with Crippen molar-refractivity contribution in [2.24, 2.45) is 0 Å². The minimum Gasteiger partial charge on any atom is -0.480 e. The molecule has 4 heteroatoms. The van der Waals surface area contributed by atoms with Gasteiger partial charge in [-0.2, -0.15) is 0 Å². The van der Waals surface area contributed by atoms with Gasteiger partial charge in [0.2, 0.25) is 0 Å². The van der Waals surface area contributed by atoms with Crippen LogP contribution in [-0.4, -0.2) is 34.6 Å². The number of hydrogen-bond donors (Lipinski definition) is 1. The normalized spacial score (nSPS) is 13.3. The van der Waals surface area contributed by atoms with Gasteiger partial charge in [0.1, 0.15) is 5.76 Å². The van der Waals surface area contributed by atoms with Crippen LogP contribution in [0.4, 0.5) is 0 Å². The average molecular weight is 225 g/mol. The first-order chi connectivity index (χ1) is 7.50. The van der Waals surface area contributed by atoms with Gasteiger partial charge < -0.3 is 9.52 Å². The SMILES string of the molecule is CC(C)N(CC(=O)O)C(C)Cc1ccco1. The zero-order chi connectivity index (χ0) is 12.1. The van der Waals surface area contributed by atoms with Crippen molar-refractivity contribution in [2.75, 3.05) is 6.54 Å². The second kappa shape index (κ2) is 5.70. The van der Waals surface area contributed by atoms with E-state index in [-0.39, 0.29) is 18.6 Å². The lowest BCUT2D eigenvalue weighted by atomic mass is 10.1. The molecule has 0 radical (unpaired) electrons. The molecule has 1 N–H and O–H groups in total. The molecule has 0 saturated heterocycles. The zero-order valence-corrected chi connectivity index (χ0v) is 10.0. The molecule has 0 aliphatic carbocycles. The topological polar surface area (TPSA) is 53.7 Å². The van der Waals surface area contributed by atoms with E-state index in [0.717, 1.165) is 12.2 Å². The van der Waals surface area contributed by atoms with E-state index < -0.39 is 5.97 Å². The summed E-state index contributed by atoms with van der Waals surface area (Å²) >= 11 is 0. The van der Waals surface area contributed by atoms with Crippen molar-refractivity contribution in [3.63, 3.8) is 0 Å². The minimum absolute atomic E-state index is 0.0690. The Morgan fingerprint density at radius 3 is 2.62 bits per heavy atom. The van der Waals surface area contributed by atoms with Crippen molar-refractivity contribution in [2.45, 2.75) is 39.3 Å². The first-order valence-electron chi connectivity index (χ1n) is 5.50. The van der Waals surface area contributed by atoms with E-state index in [1.165, 1.54) is 0 Å². The number of carbonyl (C=O) groups is 1. The first-order valence-corrected chi connectivity index (χ1v) is 5.50. The summed E-state index contributed by atoms with van der Waals surface area (Å²) in [5.41, 5.74) is 0. The van der Waals surface area contributed by atoms with Gasteiger partial charge in [0.05, 0.1) is 12.8 Å². The van der Waals surface area contributed by atoms with Crippen LogP contribution in [-0.2, 0) is 11.2 Å². The Bertz CT molecular complexity index is 319. The number of rotatable bonds is 6. The van der Waals surface area contributed by atoms with E-state index in [9.17, 15) is 4.79 Å². The quantitative estimate of drug-likeness (QED) is 0.804. The summed E-state index contributed by atoms with van der Waals surface area (Å²) in [4.78, 5) is 12.7. The molecule has 1 heterocycles. The van der Waals surface area contributed by atoms with Gasteiger partial charge >= 0.3 is 5.97 Å². The van der Waals surface area contributed by atoms with Crippen molar-refractivity contribution in [1.82, 2.24) is 4.90 Å². The molecule has 0 aliphatic rings. The molecule has 1 aromatic rings. The van der Waals surface area contributed by atoms with Crippen LogP contribution in [0.1, 0.15) is 26.5 Å². The number of carboxylic acids is 1. The third-order valence-corrected chi connectivity index (χ3v) is 2.62. The fourth-order valence-electron chi connectivity index (χ4n) is 1.84. The molecule has 1 aromatic heterocycles. The third kappa shape index (κ3) is 3.70. The molecule has 0 amide bonds. The number of carboxylic acid groups (broad SMARTS) is 1. The molecular formula is C12H19NO3. The lowest BCUT2D eigenvalue weighted by molar-refractivity contribution is -0.139. The van der Waals surface area contributed by atoms with Crippen LogP contribution in [0.3, 0.4) is 0 Å². The molecule has 90 valence electrons. The maximum atomic E-state index is 10.8. The van der Waals surface area contributed by atoms with E-state index in [2.05, 4.69) is 0 Å². The molecule has 1 unspecified atom stereocenters. The number of furan rings is 1. The third-order valence-electron chi connectivity index (χ3n) is 2.62. The van der Waals surface area contributed by atoms with Crippen molar-refractivity contribution in [3.8, 4) is 0 Å². The molecule has 0 spiro atoms. The molecule has 0 aromatic carbocycles. The van der Waals surface area contributed by atoms with Crippen molar-refractivity contribution in [3.05, 3.63) is 24.2 Å². The fraction of sp³-hybridized carbons (Fsp3) is 0.583. The number of hydrogen-bond acceptors (Lipinski definition) is 3. The van der Waals surface area contributed by atoms with Gasteiger partial charge in [0.25, 0.3) is 0 Å². The second-order valence-electron chi connectivity index (χ2n) is 4.29. The van der Waals surface area contributed by atoms with E-state index in [0.29, 0.717) is 0 Å². The highest BCUT2D eigenvalue weighted by atomic mass is 16.4. The Morgan fingerprint density at radius 1 is 1.50 bits per heavy atom. The minimum atomic E-state index is -0.792. The molecule has 1 rings (SSSR count). The highest BCUT2D eigenvalue weighted by Crippen LogP contribution is 2.12. The Labute approximate surface area is 95.9 Å². The molecule has 16 heavy (non-hydrogen) atoms. The first kappa shape index (κ1) is 12.8. The molecule has 0 aliphatic heterocycles. The van der Waals surface area contributed by atoms with Crippen LogP contribution >= 0.6 is 0 Å². The van der Waals surface area contributed by atoms with E-state index in [4.69, 9.17) is 9.52 Å². The smallest absolute Gasteiger partial charge is 0.317 e. The molecular weight excluding hydrogens is 206 g/mol. The summed E-state index contributed by atoms with van der Waals surface area (Å²) in [5, 5.41) is 8.84. The van der Waals surface area contributed by atoms with E-state index in [1.807, 2.05) is 37.8 Å². The van der Waals surface area contributed by atoms with E-state index in [1.54, 1.807) is 6.26 Å². The van der Waals surface area contributed by atoms with Crippen LogP contribution < -0.4 is 0 Å². The zero-order valence-electron chi connectivity index (χ0n) is 10.0. The van der Waals surface area contributed by atoms with Gasteiger partial charge in [-0.15, -0.1) is 0 Å².